The van der Waals surface area contributed by atoms with Gasteiger partial charge in [0.25, 0.3) is 0 Å². The molecule has 0 aliphatic carbocycles. The lowest BCUT2D eigenvalue weighted by Crippen LogP contribution is -2.30. The van der Waals surface area contributed by atoms with Crippen LogP contribution in [0.1, 0.15) is 42.3 Å². The molecule has 1 atom stereocenters. The van der Waals surface area contributed by atoms with Crippen molar-refractivity contribution in [2.75, 3.05) is 25.4 Å². The van der Waals surface area contributed by atoms with Gasteiger partial charge in [-0.2, -0.15) is 0 Å². The van der Waals surface area contributed by atoms with Gasteiger partial charge >= 0.3 is 0 Å². The van der Waals surface area contributed by atoms with Crippen LogP contribution in [0.25, 0.3) is 0 Å². The van der Waals surface area contributed by atoms with Crippen LogP contribution in [0.15, 0.2) is 30.3 Å². The second-order valence-corrected chi connectivity index (χ2v) is 7.08. The predicted molar refractivity (Wildman–Crippen MR) is 95.7 cm³/mol. The molecule has 1 aromatic carbocycles. The average Bonchev–Trinajstić information content (AvgIpc) is 3.25. The van der Waals surface area contributed by atoms with E-state index >= 15 is 0 Å². The zero-order valence-electron chi connectivity index (χ0n) is 13.6. The van der Waals surface area contributed by atoms with E-state index in [1.165, 1.54) is 37.3 Å². The third kappa shape index (κ3) is 4.52. The van der Waals surface area contributed by atoms with Gasteiger partial charge in [0.1, 0.15) is 11.0 Å². The molecule has 1 aliphatic rings. The fourth-order valence-corrected chi connectivity index (χ4v) is 3.69. The van der Waals surface area contributed by atoms with Gasteiger partial charge < -0.3 is 16.0 Å². The van der Waals surface area contributed by atoms with Crippen LogP contribution in [0.4, 0.5) is 5.13 Å². The first-order chi connectivity index (χ1) is 11.7. The molecule has 2 aromatic rings. The average molecular weight is 345 g/mol. The van der Waals surface area contributed by atoms with Crippen molar-refractivity contribution in [3.63, 3.8) is 0 Å². The summed E-state index contributed by atoms with van der Waals surface area (Å²) in [6.07, 6.45) is 3.96. The Kier molecular flexibility index (Phi) is 5.77. The van der Waals surface area contributed by atoms with E-state index in [4.69, 9.17) is 5.73 Å². The number of benzene rings is 1. The largest absolute Gasteiger partial charge is 0.374 e. The van der Waals surface area contributed by atoms with Gasteiger partial charge in [-0.05, 0) is 44.5 Å². The van der Waals surface area contributed by atoms with Crippen LogP contribution in [0.5, 0.6) is 0 Å². The van der Waals surface area contributed by atoms with Gasteiger partial charge in [0.2, 0.25) is 11.0 Å². The first-order valence-corrected chi connectivity index (χ1v) is 9.19. The molecular weight excluding hydrogens is 322 g/mol. The summed E-state index contributed by atoms with van der Waals surface area (Å²) in [5.74, 6) is 0.0387. The molecule has 6 nitrogen and oxygen atoms in total. The van der Waals surface area contributed by atoms with Crippen molar-refractivity contribution in [3.8, 4) is 0 Å². The number of carbonyl (C=O) groups excluding carboxylic acids is 1. The molecule has 1 fully saturated rings. The smallest absolute Gasteiger partial charge is 0.220 e. The highest BCUT2D eigenvalue weighted by molar-refractivity contribution is 7.15. The molecule has 1 unspecified atom stereocenters. The van der Waals surface area contributed by atoms with Crippen LogP contribution in [0, 0.1) is 0 Å². The summed E-state index contributed by atoms with van der Waals surface area (Å²) in [4.78, 5) is 14.8. The van der Waals surface area contributed by atoms with E-state index in [0.717, 1.165) is 18.5 Å². The number of nitrogens with one attached hydrogen (secondary N) is 1. The minimum absolute atomic E-state index is 0.0387. The van der Waals surface area contributed by atoms with Crippen LogP contribution in [0.2, 0.25) is 0 Å². The lowest BCUT2D eigenvalue weighted by atomic mass is 10.1. The Morgan fingerprint density at radius 2 is 2.00 bits per heavy atom. The number of hydrogen-bond acceptors (Lipinski definition) is 6. The molecule has 2 heterocycles. The Morgan fingerprint density at radius 1 is 1.25 bits per heavy atom. The number of aromatic nitrogens is 2. The van der Waals surface area contributed by atoms with Crippen molar-refractivity contribution in [1.82, 2.24) is 20.4 Å². The number of amides is 1. The van der Waals surface area contributed by atoms with Crippen molar-refractivity contribution < 1.29 is 4.79 Å². The fourth-order valence-electron chi connectivity index (χ4n) is 3.00. The fraction of sp³-hybridized carbons (Fsp3) is 0.471. The standard InChI is InChI=1S/C17H23N5OS/c18-17-21-20-16(24-17)15(13-7-2-1-3-8-13)19-14(23)9-6-12-22-10-4-5-11-22/h1-3,7-8,15H,4-6,9-12H2,(H2,18,21)(H,19,23). The third-order valence-corrected chi connectivity index (χ3v) is 5.04. The van der Waals surface area contributed by atoms with E-state index in [2.05, 4.69) is 20.4 Å². The minimum Gasteiger partial charge on any atom is -0.374 e. The lowest BCUT2D eigenvalue weighted by molar-refractivity contribution is -0.121. The van der Waals surface area contributed by atoms with Gasteiger partial charge in [0.05, 0.1) is 0 Å². The molecule has 0 radical (unpaired) electrons. The zero-order valence-corrected chi connectivity index (χ0v) is 14.5. The van der Waals surface area contributed by atoms with E-state index < -0.39 is 0 Å². The van der Waals surface area contributed by atoms with Gasteiger partial charge in [-0.25, -0.2) is 0 Å². The van der Waals surface area contributed by atoms with Crippen molar-refractivity contribution in [2.24, 2.45) is 0 Å². The van der Waals surface area contributed by atoms with E-state index in [9.17, 15) is 4.79 Å². The monoisotopic (exact) mass is 345 g/mol. The number of nitrogens with two attached hydrogens (primary N) is 1. The summed E-state index contributed by atoms with van der Waals surface area (Å²) < 4.78 is 0. The molecular formula is C17H23N5OS. The number of rotatable bonds is 7. The maximum atomic E-state index is 12.4. The highest BCUT2D eigenvalue weighted by atomic mass is 32.1. The summed E-state index contributed by atoms with van der Waals surface area (Å²) in [5.41, 5.74) is 6.69. The molecule has 1 aliphatic heterocycles. The summed E-state index contributed by atoms with van der Waals surface area (Å²) >= 11 is 1.31. The number of nitrogens with zero attached hydrogens (tertiary/aromatic N) is 3. The Balaban J connectivity index is 1.60. The summed E-state index contributed by atoms with van der Waals surface area (Å²) in [5, 5.41) is 12.2. The SMILES string of the molecule is Nc1nnc(C(NC(=O)CCCN2CCCC2)c2ccccc2)s1. The Hall–Kier alpha value is -1.99. The number of hydrogen-bond donors (Lipinski definition) is 2. The molecule has 3 rings (SSSR count). The van der Waals surface area contributed by atoms with Crippen molar-refractivity contribution in [2.45, 2.75) is 31.7 Å². The van der Waals surface area contributed by atoms with Crippen molar-refractivity contribution in [3.05, 3.63) is 40.9 Å². The van der Waals surface area contributed by atoms with Crippen LogP contribution >= 0.6 is 11.3 Å². The lowest BCUT2D eigenvalue weighted by Gasteiger charge is -2.18. The summed E-state index contributed by atoms with van der Waals surface area (Å²) in [7, 11) is 0. The highest BCUT2D eigenvalue weighted by Gasteiger charge is 2.21. The van der Waals surface area contributed by atoms with E-state index in [1.54, 1.807) is 0 Å². The van der Waals surface area contributed by atoms with Gasteiger partial charge in [-0.15, -0.1) is 10.2 Å². The number of anilines is 1. The topological polar surface area (TPSA) is 84.1 Å². The normalized spacial score (nSPS) is 16.2. The molecule has 1 amide bonds. The molecule has 0 spiro atoms. The van der Waals surface area contributed by atoms with Gasteiger partial charge in [-0.3, -0.25) is 4.79 Å². The second-order valence-electron chi connectivity index (χ2n) is 6.04. The van der Waals surface area contributed by atoms with Gasteiger partial charge in [-0.1, -0.05) is 41.7 Å². The van der Waals surface area contributed by atoms with Gasteiger partial charge in [0, 0.05) is 6.42 Å². The number of likely N-dealkylation sites (tertiary alicyclic amines) is 1. The first kappa shape index (κ1) is 16.9. The Morgan fingerprint density at radius 3 is 2.67 bits per heavy atom. The first-order valence-electron chi connectivity index (χ1n) is 8.38. The maximum absolute atomic E-state index is 12.4. The van der Waals surface area contributed by atoms with Crippen molar-refractivity contribution in [1.29, 1.82) is 0 Å². The quantitative estimate of drug-likeness (QED) is 0.804. The molecule has 0 saturated carbocycles. The van der Waals surface area contributed by atoms with E-state index in [0.29, 0.717) is 16.6 Å². The third-order valence-electron chi connectivity index (χ3n) is 4.22. The summed E-state index contributed by atoms with van der Waals surface area (Å²) in [6, 6.07) is 9.52. The van der Waals surface area contributed by atoms with Crippen LogP contribution in [-0.4, -0.2) is 40.6 Å². The van der Waals surface area contributed by atoms with Crippen molar-refractivity contribution >= 4 is 22.4 Å². The number of carbonyl (C=O) groups is 1. The van der Waals surface area contributed by atoms with Crippen LogP contribution in [0.3, 0.4) is 0 Å². The molecule has 7 heteroatoms. The maximum Gasteiger partial charge on any atom is 0.220 e. The molecule has 0 bridgehead atoms. The molecule has 3 N–H and O–H groups in total. The van der Waals surface area contributed by atoms with E-state index in [1.807, 2.05) is 30.3 Å². The molecule has 1 saturated heterocycles. The molecule has 128 valence electrons. The van der Waals surface area contributed by atoms with E-state index in [-0.39, 0.29) is 11.9 Å². The Bertz CT molecular complexity index is 654. The van der Waals surface area contributed by atoms with Crippen LogP contribution < -0.4 is 11.1 Å². The predicted octanol–water partition coefficient (Wildman–Crippen LogP) is 2.20. The minimum atomic E-state index is -0.291. The van der Waals surface area contributed by atoms with Gasteiger partial charge in [0.15, 0.2) is 0 Å². The summed E-state index contributed by atoms with van der Waals surface area (Å²) in [6.45, 7) is 3.33. The Labute approximate surface area is 146 Å². The number of nitrogen functional groups attached to an aromatic ring is 1. The molecule has 24 heavy (non-hydrogen) atoms. The molecule has 1 aromatic heterocycles. The second kappa shape index (κ2) is 8.21. The highest BCUT2D eigenvalue weighted by Crippen LogP contribution is 2.26. The van der Waals surface area contributed by atoms with Crippen LogP contribution in [-0.2, 0) is 4.79 Å². The zero-order chi connectivity index (χ0) is 16.8.